The van der Waals surface area contributed by atoms with E-state index in [0.29, 0.717) is 25.4 Å². The van der Waals surface area contributed by atoms with Gasteiger partial charge in [0.1, 0.15) is 5.69 Å². The Morgan fingerprint density at radius 2 is 2.00 bits per heavy atom. The Labute approximate surface area is 236 Å². The Morgan fingerprint density at radius 1 is 1.21 bits per heavy atom. The second kappa shape index (κ2) is 8.64. The summed E-state index contributed by atoms with van der Waals surface area (Å²) in [5.74, 6) is 0.304. The van der Waals surface area contributed by atoms with Crippen molar-refractivity contribution in [1.29, 1.82) is 5.26 Å². The normalized spacial score (nSPS) is 34.5. The molecule has 200 valence electrons. The first-order chi connectivity index (χ1) is 18.8. The Kier molecular flexibility index (Phi) is 5.49. The lowest BCUT2D eigenvalue weighted by Gasteiger charge is -2.52. The van der Waals surface area contributed by atoms with Crippen LogP contribution in [0.5, 0.6) is 0 Å². The van der Waals surface area contributed by atoms with Gasteiger partial charge in [-0.05, 0) is 67.2 Å². The van der Waals surface area contributed by atoms with Gasteiger partial charge in [-0.1, -0.05) is 58.4 Å². The van der Waals surface area contributed by atoms with Crippen LogP contribution >= 0.6 is 15.9 Å². The van der Waals surface area contributed by atoms with Crippen molar-refractivity contribution in [3.05, 3.63) is 64.8 Å². The average molecular weight is 588 g/mol. The molecule has 0 bridgehead atoms. The molecule has 2 N–H and O–H groups in total. The molecule has 7 rings (SSSR count). The smallest absolute Gasteiger partial charge is 0.237 e. The maximum Gasteiger partial charge on any atom is 0.237 e. The Morgan fingerprint density at radius 3 is 2.79 bits per heavy atom. The number of benzene rings is 2. The Bertz CT molecular complexity index is 1500. The fourth-order valence-corrected chi connectivity index (χ4v) is 8.53. The van der Waals surface area contributed by atoms with E-state index in [9.17, 15) is 15.2 Å². The summed E-state index contributed by atoms with van der Waals surface area (Å²) in [6.07, 6.45) is 7.96. The molecule has 1 aromatic heterocycles. The maximum absolute atomic E-state index is 14.1. The van der Waals surface area contributed by atoms with Gasteiger partial charge in [0.2, 0.25) is 5.91 Å². The third-order valence-electron chi connectivity index (χ3n) is 10.5. The quantitative estimate of drug-likeness (QED) is 0.419. The van der Waals surface area contributed by atoms with Crippen LogP contribution in [0.2, 0.25) is 0 Å². The van der Waals surface area contributed by atoms with Crippen LogP contribution in [-0.4, -0.2) is 49.6 Å². The fourth-order valence-electron chi connectivity index (χ4n) is 8.27. The Balaban J connectivity index is 1.26. The number of carbonyl (C=O) groups excluding carboxylic acids is 1. The van der Waals surface area contributed by atoms with Crippen LogP contribution in [0.25, 0.3) is 11.3 Å². The number of para-hydroxylation sites is 1. The zero-order valence-electron chi connectivity index (χ0n) is 21.8. The van der Waals surface area contributed by atoms with Crippen molar-refractivity contribution in [2.75, 3.05) is 11.9 Å². The lowest BCUT2D eigenvalue weighted by atomic mass is 9.60. The molecule has 1 saturated heterocycles. The van der Waals surface area contributed by atoms with Crippen LogP contribution in [-0.2, 0) is 16.8 Å². The summed E-state index contributed by atoms with van der Waals surface area (Å²) in [4.78, 5) is 15.9. The lowest BCUT2D eigenvalue weighted by Crippen LogP contribution is -2.60. The summed E-state index contributed by atoms with van der Waals surface area (Å²) in [6, 6.07) is 15.5. The van der Waals surface area contributed by atoms with Crippen LogP contribution in [0.15, 0.2) is 59.2 Å². The largest absolute Gasteiger partial charge is 0.393 e. The van der Waals surface area contributed by atoms with Gasteiger partial charge >= 0.3 is 0 Å². The molecule has 3 aromatic rings. The predicted molar refractivity (Wildman–Crippen MR) is 149 cm³/mol. The highest BCUT2D eigenvalue weighted by Crippen LogP contribution is 2.77. The molecule has 3 heterocycles. The molecule has 2 aliphatic carbocycles. The number of hydrogen-bond acceptors (Lipinski definition) is 6. The lowest BCUT2D eigenvalue weighted by molar-refractivity contribution is -0.126. The van der Waals surface area contributed by atoms with Gasteiger partial charge < -0.3 is 15.3 Å². The minimum absolute atomic E-state index is 0.0322. The first-order valence-electron chi connectivity index (χ1n) is 13.7. The van der Waals surface area contributed by atoms with Gasteiger partial charge in [-0.15, -0.1) is 5.10 Å². The zero-order chi connectivity index (χ0) is 27.0. The number of aryl methyl sites for hydroxylation is 1. The first-order valence-corrected chi connectivity index (χ1v) is 14.5. The molecule has 9 heteroatoms. The molecule has 2 saturated carbocycles. The number of likely N-dealkylation sites (tertiary alicyclic amines) is 1. The number of rotatable bonds is 5. The molecule has 2 aliphatic heterocycles. The highest BCUT2D eigenvalue weighted by molar-refractivity contribution is 9.10. The number of halogens is 1. The maximum atomic E-state index is 14.1. The number of amides is 1. The van der Waals surface area contributed by atoms with E-state index in [4.69, 9.17) is 0 Å². The third-order valence-corrected chi connectivity index (χ3v) is 11.1. The van der Waals surface area contributed by atoms with Crippen LogP contribution < -0.4 is 5.32 Å². The highest BCUT2D eigenvalue weighted by Gasteiger charge is 2.75. The van der Waals surface area contributed by atoms with E-state index in [0.717, 1.165) is 52.7 Å². The number of piperidine rings is 1. The van der Waals surface area contributed by atoms with E-state index in [1.807, 2.05) is 59.6 Å². The van der Waals surface area contributed by atoms with E-state index in [-0.39, 0.29) is 28.9 Å². The topological polar surface area (TPSA) is 107 Å². The van der Waals surface area contributed by atoms with E-state index in [2.05, 4.69) is 44.7 Å². The van der Waals surface area contributed by atoms with Gasteiger partial charge in [-0.25, -0.2) is 0 Å². The molecule has 8 nitrogen and oxygen atoms in total. The van der Waals surface area contributed by atoms with Crippen LogP contribution in [0.1, 0.15) is 44.6 Å². The van der Waals surface area contributed by atoms with Gasteiger partial charge in [0.25, 0.3) is 0 Å². The van der Waals surface area contributed by atoms with E-state index >= 15 is 0 Å². The molecule has 1 amide bonds. The van der Waals surface area contributed by atoms with Crippen molar-refractivity contribution in [3.63, 3.8) is 0 Å². The molecule has 0 unspecified atom stereocenters. The third kappa shape index (κ3) is 3.47. The van der Waals surface area contributed by atoms with E-state index in [1.54, 1.807) is 4.68 Å². The number of aliphatic hydroxyl groups excluding tert-OH is 1. The minimum Gasteiger partial charge on any atom is -0.393 e. The van der Waals surface area contributed by atoms with E-state index < -0.39 is 5.41 Å². The molecule has 39 heavy (non-hydrogen) atoms. The van der Waals surface area contributed by atoms with Gasteiger partial charge in [0, 0.05) is 34.2 Å². The van der Waals surface area contributed by atoms with E-state index in [1.165, 1.54) is 0 Å². The number of nitrogens with zero attached hydrogens (tertiary/aromatic N) is 5. The predicted octanol–water partition coefficient (Wildman–Crippen LogP) is 4.71. The molecular formula is C30H31BrN6O2. The summed E-state index contributed by atoms with van der Waals surface area (Å²) >= 11 is 3.47. The summed E-state index contributed by atoms with van der Waals surface area (Å²) in [5.41, 5.74) is 2.42. The van der Waals surface area contributed by atoms with Gasteiger partial charge in [-0.3, -0.25) is 9.48 Å². The molecule has 4 aliphatic rings. The molecule has 2 aromatic carbocycles. The van der Waals surface area contributed by atoms with Crippen LogP contribution in [0.4, 0.5) is 5.69 Å². The molecule has 1 spiro atoms. The van der Waals surface area contributed by atoms with Crippen molar-refractivity contribution in [2.24, 2.45) is 16.7 Å². The number of nitriles is 1. The zero-order valence-corrected chi connectivity index (χ0v) is 23.4. The van der Waals surface area contributed by atoms with Crippen molar-refractivity contribution < 1.29 is 9.90 Å². The van der Waals surface area contributed by atoms with Crippen molar-refractivity contribution >= 4 is 27.5 Å². The number of aliphatic hydroxyl groups is 1. The first kappa shape index (κ1) is 24.8. The summed E-state index contributed by atoms with van der Waals surface area (Å²) < 4.78 is 2.81. The highest BCUT2D eigenvalue weighted by atomic mass is 79.9. The molecule has 0 radical (unpaired) electrons. The second-order valence-corrected chi connectivity index (χ2v) is 13.0. The molecule has 3 fully saturated rings. The number of hydrogen-bond donors (Lipinski definition) is 2. The average Bonchev–Trinajstić information content (AvgIpc) is 3.22. The summed E-state index contributed by atoms with van der Waals surface area (Å²) in [6.45, 7) is 3.33. The second-order valence-electron chi connectivity index (χ2n) is 12.1. The van der Waals surface area contributed by atoms with Gasteiger partial charge in [-0.2, -0.15) is 5.26 Å². The van der Waals surface area contributed by atoms with Crippen molar-refractivity contribution in [2.45, 2.75) is 63.1 Å². The number of carbonyl (C=O) groups is 1. The molecule has 6 atom stereocenters. The fraction of sp³-hybridized carbons (Fsp3) is 0.467. The van der Waals surface area contributed by atoms with Crippen LogP contribution in [0, 0.1) is 28.2 Å². The van der Waals surface area contributed by atoms with Crippen molar-refractivity contribution in [3.8, 4) is 17.5 Å². The SMILES string of the molecule is C[C@@]12C[C@@]13C[C@@H]([C@@]1(CCn4cc(-c5ccc(Br)cc5)nn4)C(=O)Nc4ccccc41)N(C#N)C[C@@H]3CC[C@@H]2O. The number of aromatic nitrogens is 3. The van der Waals surface area contributed by atoms with Crippen molar-refractivity contribution in [1.82, 2.24) is 19.9 Å². The number of fused-ring (bicyclic) bond motifs is 1. The summed E-state index contributed by atoms with van der Waals surface area (Å²) in [5, 5.41) is 33.2. The number of anilines is 1. The van der Waals surface area contributed by atoms with Gasteiger partial charge in [0.05, 0.1) is 23.8 Å². The minimum atomic E-state index is -0.915. The van der Waals surface area contributed by atoms with Crippen LogP contribution in [0.3, 0.4) is 0 Å². The summed E-state index contributed by atoms with van der Waals surface area (Å²) in [7, 11) is 0. The standard InChI is InChI=1S/C30H31BrN6O2/c1-28-17-29(28)14-25(36(18-32)15-20(29)8-11-26(28)38)30(22-4-2-3-5-23(22)33-27(30)39)12-13-37-16-24(34-35-37)19-6-9-21(31)10-7-19/h2-7,9-10,16,20,25-26,38H,8,11-15,17H2,1H3,(H,33,39)/t20-,25-,26-,28-,29+,30-/m0/s1. The monoisotopic (exact) mass is 586 g/mol. The van der Waals surface area contributed by atoms with Gasteiger partial charge in [0.15, 0.2) is 6.19 Å². The molecular weight excluding hydrogens is 556 g/mol. The number of nitrogens with one attached hydrogen (secondary N) is 1. The Hall–Kier alpha value is -3.22.